The summed E-state index contributed by atoms with van der Waals surface area (Å²) in [4.78, 5) is 13.9. The number of ketones is 1. The molecule has 0 aromatic carbocycles. The molecule has 1 unspecified atom stereocenters. The average Bonchev–Trinajstić information content (AvgIpc) is 3.33. The van der Waals surface area contributed by atoms with Gasteiger partial charge < -0.3 is 44.9 Å². The number of nitrogens with zero attached hydrogens (tertiary/aromatic N) is 1. The van der Waals surface area contributed by atoms with Gasteiger partial charge in [-0.3, -0.25) is 4.79 Å². The highest BCUT2D eigenvalue weighted by Crippen LogP contribution is 2.67. The van der Waals surface area contributed by atoms with Crippen LogP contribution in [0, 0.1) is 58.0 Å². The van der Waals surface area contributed by atoms with Gasteiger partial charge in [-0.25, -0.2) is 0 Å². The molecule has 43 heavy (non-hydrogen) atoms. The minimum absolute atomic E-state index is 0.148. The molecule has 10 nitrogen and oxygen atoms in total. The van der Waals surface area contributed by atoms with E-state index in [0.717, 1.165) is 38.5 Å². The number of Topliss-reactive ketones (excluding diaryl/α,β-unsaturated/α-hetero) is 1. The van der Waals surface area contributed by atoms with Crippen LogP contribution in [0.3, 0.4) is 0 Å². The Morgan fingerprint density at radius 3 is 2.44 bits per heavy atom. The van der Waals surface area contributed by atoms with Crippen molar-refractivity contribution in [3.05, 3.63) is 5.21 Å². The molecule has 4 aliphatic carbocycles. The molecule has 3 heterocycles. The maximum atomic E-state index is 14.4. The summed E-state index contributed by atoms with van der Waals surface area (Å²) in [5.41, 5.74) is -1.13. The molecule has 3 saturated heterocycles. The van der Waals surface area contributed by atoms with Crippen LogP contribution in [0.2, 0.25) is 0 Å². The lowest BCUT2D eigenvalue weighted by Crippen LogP contribution is -2.73. The van der Waals surface area contributed by atoms with Gasteiger partial charge in [0, 0.05) is 36.5 Å². The minimum Gasteiger partial charge on any atom is -0.633 e. The molecule has 0 radical (unpaired) electrons. The normalized spacial score (nSPS) is 59.8. The Bertz CT molecular complexity index is 1080. The molecule has 0 bridgehead atoms. The molecule has 18 atom stereocenters. The van der Waals surface area contributed by atoms with Crippen molar-refractivity contribution in [2.75, 3.05) is 19.7 Å². The lowest BCUT2D eigenvalue weighted by Gasteiger charge is -2.66. The third kappa shape index (κ3) is 4.64. The number of rotatable bonds is 3. The molecule has 0 aromatic rings. The van der Waals surface area contributed by atoms with Crippen molar-refractivity contribution in [3.8, 4) is 0 Å². The van der Waals surface area contributed by atoms with Crippen LogP contribution in [0.4, 0.5) is 0 Å². The molecule has 10 heteroatoms. The molecular formula is C33H53NO9. The number of quaternary nitrogens is 1. The van der Waals surface area contributed by atoms with E-state index >= 15 is 0 Å². The van der Waals surface area contributed by atoms with Crippen LogP contribution < -0.4 is 0 Å². The van der Waals surface area contributed by atoms with Crippen LogP contribution in [-0.4, -0.2) is 104 Å². The summed E-state index contributed by atoms with van der Waals surface area (Å²) < 4.78 is 11.5. The maximum Gasteiger partial charge on any atom is 0.186 e. The molecule has 4 saturated carbocycles. The summed E-state index contributed by atoms with van der Waals surface area (Å²) in [6.45, 7) is 7.11. The first-order valence-corrected chi connectivity index (χ1v) is 17.1. The van der Waals surface area contributed by atoms with Crippen molar-refractivity contribution in [3.63, 3.8) is 0 Å². The molecule has 3 aliphatic heterocycles. The van der Waals surface area contributed by atoms with Gasteiger partial charge in [0.25, 0.3) is 0 Å². The van der Waals surface area contributed by atoms with E-state index in [-0.39, 0.29) is 45.7 Å². The number of piperidine rings is 2. The summed E-state index contributed by atoms with van der Waals surface area (Å²) in [6.07, 6.45) is 0.437. The lowest BCUT2D eigenvalue weighted by atomic mass is 9.51. The highest BCUT2D eigenvalue weighted by molar-refractivity contribution is 5.83. The van der Waals surface area contributed by atoms with Gasteiger partial charge in [0.05, 0.1) is 25.8 Å². The van der Waals surface area contributed by atoms with Crippen LogP contribution >= 0.6 is 0 Å². The van der Waals surface area contributed by atoms with Gasteiger partial charge in [-0.2, -0.15) is 0 Å². The third-order valence-corrected chi connectivity index (χ3v) is 14.2. The van der Waals surface area contributed by atoms with Crippen molar-refractivity contribution < 1.29 is 44.4 Å². The number of ether oxygens (including phenoxy) is 2. The molecule has 7 fully saturated rings. The highest BCUT2D eigenvalue weighted by atomic mass is 16.7. The SMILES string of the molecule is C[C@H]1CC[C@H]2[C@@](C)(O)[C@@H]3CC[C@@H]4[C@@H](C[C@H]5[C@H]4CC(=O)[C@H]4C[C@@H](O[C@@H]6O[C@H](CO)[C@@H](O)[C@H](O)[C@H]6O)CC[C@@]45C)[C@@H]3C[N+]2([O-])C1. The topological polar surface area (TPSA) is 160 Å². The number of aliphatic hydroxyl groups is 5. The Labute approximate surface area is 254 Å². The summed E-state index contributed by atoms with van der Waals surface area (Å²) in [7, 11) is 0. The van der Waals surface area contributed by atoms with E-state index in [1.807, 2.05) is 6.92 Å². The van der Waals surface area contributed by atoms with E-state index in [2.05, 4.69) is 13.8 Å². The van der Waals surface area contributed by atoms with Gasteiger partial charge in [0.15, 0.2) is 6.29 Å². The Kier molecular flexibility index (Phi) is 7.68. The predicted molar refractivity (Wildman–Crippen MR) is 155 cm³/mol. The van der Waals surface area contributed by atoms with E-state index < -0.39 is 42.9 Å². The van der Waals surface area contributed by atoms with Crippen molar-refractivity contribution in [2.45, 2.75) is 127 Å². The number of hydrogen-bond acceptors (Lipinski definition) is 9. The standard InChI is InChI=1S/C33H53NO9/c1-16-4-7-27-33(3,40)22-6-5-18-19(21(22)14-34(27,41)13-16)11-23-20(18)12-25(36)24-10-17(8-9-32(23,24)2)42-31-30(39)29(38)28(37)26(15-35)43-31/h16-24,26-31,35,37-40H,4-15H2,1-3H3/t16-,17-,18+,19+,20-,21-,22+,23-,24+,26+,27-,28+,29-,30+,31+,32+,33-,34?/m0/s1. The molecule has 7 rings (SSSR count). The lowest BCUT2D eigenvalue weighted by molar-refractivity contribution is -0.933. The fourth-order valence-corrected chi connectivity index (χ4v) is 12.2. The van der Waals surface area contributed by atoms with Gasteiger partial charge in [0.2, 0.25) is 0 Å². The second-order valence-electron chi connectivity index (χ2n) is 16.4. The summed E-state index contributed by atoms with van der Waals surface area (Å²) in [6, 6.07) is -0.229. The van der Waals surface area contributed by atoms with Crippen LogP contribution in [0.15, 0.2) is 0 Å². The molecule has 0 aromatic heterocycles. The number of fused-ring (bicyclic) bond motifs is 8. The Morgan fingerprint density at radius 1 is 0.930 bits per heavy atom. The third-order valence-electron chi connectivity index (χ3n) is 14.2. The average molecular weight is 608 g/mol. The van der Waals surface area contributed by atoms with Gasteiger partial charge in [0.1, 0.15) is 41.8 Å². The molecule has 244 valence electrons. The number of carbonyl (C=O) groups excluding carboxylic acids is 1. The number of hydrogen-bond donors (Lipinski definition) is 5. The van der Waals surface area contributed by atoms with E-state index in [9.17, 15) is 35.5 Å². The van der Waals surface area contributed by atoms with Crippen LogP contribution in [0.5, 0.6) is 0 Å². The van der Waals surface area contributed by atoms with Crippen LogP contribution in [0.25, 0.3) is 0 Å². The maximum absolute atomic E-state index is 14.4. The van der Waals surface area contributed by atoms with Gasteiger partial charge in [-0.15, -0.1) is 0 Å². The van der Waals surface area contributed by atoms with Crippen molar-refractivity contribution in [2.24, 2.45) is 52.8 Å². The van der Waals surface area contributed by atoms with E-state index in [4.69, 9.17) is 9.47 Å². The first-order chi connectivity index (χ1) is 20.3. The zero-order chi connectivity index (χ0) is 30.6. The summed E-state index contributed by atoms with van der Waals surface area (Å²) >= 11 is 0. The molecule has 5 N–H and O–H groups in total. The summed E-state index contributed by atoms with van der Waals surface area (Å²) in [5.74, 6) is 2.34. The van der Waals surface area contributed by atoms with Crippen molar-refractivity contribution in [1.29, 1.82) is 0 Å². The zero-order valence-electron chi connectivity index (χ0n) is 26.0. The predicted octanol–water partition coefficient (Wildman–Crippen LogP) is 1.72. The van der Waals surface area contributed by atoms with Crippen molar-refractivity contribution in [1.82, 2.24) is 0 Å². The number of carbonyl (C=O) groups is 1. The Balaban J connectivity index is 1.09. The summed E-state index contributed by atoms with van der Waals surface area (Å²) in [5, 5.41) is 66.8. The number of hydroxylamine groups is 3. The Hall–Kier alpha value is -0.690. The van der Waals surface area contributed by atoms with Crippen LogP contribution in [-0.2, 0) is 14.3 Å². The monoisotopic (exact) mass is 607 g/mol. The Morgan fingerprint density at radius 2 is 1.70 bits per heavy atom. The second-order valence-corrected chi connectivity index (χ2v) is 16.4. The zero-order valence-corrected chi connectivity index (χ0v) is 26.0. The quantitative estimate of drug-likeness (QED) is 0.183. The highest BCUT2D eigenvalue weighted by Gasteiger charge is 2.66. The van der Waals surface area contributed by atoms with E-state index in [1.54, 1.807) is 0 Å². The van der Waals surface area contributed by atoms with E-state index in [0.29, 0.717) is 61.9 Å². The molecular weight excluding hydrogens is 554 g/mol. The van der Waals surface area contributed by atoms with Gasteiger partial charge in [-0.1, -0.05) is 13.8 Å². The molecule has 0 spiro atoms. The van der Waals surface area contributed by atoms with Gasteiger partial charge >= 0.3 is 0 Å². The fourth-order valence-electron chi connectivity index (χ4n) is 12.2. The minimum atomic E-state index is -1.49. The first-order valence-electron chi connectivity index (χ1n) is 17.1. The molecule has 7 aliphatic rings. The van der Waals surface area contributed by atoms with Crippen molar-refractivity contribution >= 4 is 5.78 Å². The fraction of sp³-hybridized carbons (Fsp3) is 0.970. The smallest absolute Gasteiger partial charge is 0.186 e. The largest absolute Gasteiger partial charge is 0.633 e. The van der Waals surface area contributed by atoms with Crippen LogP contribution in [0.1, 0.15) is 78.6 Å². The second kappa shape index (κ2) is 10.7. The first kappa shape index (κ1) is 30.9. The number of aliphatic hydroxyl groups excluding tert-OH is 4. The molecule has 0 amide bonds. The van der Waals surface area contributed by atoms with E-state index in [1.165, 1.54) is 0 Å². The van der Waals surface area contributed by atoms with Gasteiger partial charge in [-0.05, 0) is 81.0 Å².